The van der Waals surface area contributed by atoms with Gasteiger partial charge in [-0.3, -0.25) is 14.9 Å². The predicted molar refractivity (Wildman–Crippen MR) is 114 cm³/mol. The van der Waals surface area contributed by atoms with Gasteiger partial charge in [0.2, 0.25) is 5.78 Å². The van der Waals surface area contributed by atoms with Crippen LogP contribution < -0.4 is 9.47 Å². The molecule has 0 saturated carbocycles. The zero-order chi connectivity index (χ0) is 22.1. The number of ether oxygens (including phenoxy) is 2. The van der Waals surface area contributed by atoms with E-state index in [4.69, 9.17) is 32.7 Å². The Morgan fingerprint density at radius 3 is 2.35 bits per heavy atom. The van der Waals surface area contributed by atoms with Gasteiger partial charge < -0.3 is 9.47 Å². The number of nitro groups is 1. The third-order valence-corrected chi connectivity index (χ3v) is 5.10. The molecule has 0 aromatic heterocycles. The molecule has 0 aliphatic carbocycles. The summed E-state index contributed by atoms with van der Waals surface area (Å²) in [6.45, 7) is 0. The van der Waals surface area contributed by atoms with Crippen LogP contribution in [0.4, 0.5) is 5.69 Å². The van der Waals surface area contributed by atoms with E-state index in [1.54, 1.807) is 18.2 Å². The molecule has 31 heavy (non-hydrogen) atoms. The van der Waals surface area contributed by atoms with Crippen LogP contribution in [0.2, 0.25) is 10.0 Å². The third kappa shape index (κ3) is 4.14. The Hall–Kier alpha value is -3.68. The first kappa shape index (κ1) is 20.6. The first-order chi connectivity index (χ1) is 14.8. The van der Waals surface area contributed by atoms with Gasteiger partial charge in [0.15, 0.2) is 5.76 Å². The van der Waals surface area contributed by atoms with Crippen LogP contribution in [0.3, 0.4) is 0 Å². The van der Waals surface area contributed by atoms with Crippen LogP contribution >= 0.6 is 23.2 Å². The Kier molecular flexibility index (Phi) is 5.46. The molecule has 0 unspecified atom stereocenters. The van der Waals surface area contributed by atoms with E-state index in [0.29, 0.717) is 21.2 Å². The molecule has 7 nitrogen and oxygen atoms in total. The average molecular weight is 456 g/mol. The molecule has 9 heteroatoms. The SMILES string of the molecule is O=C(Oc1ccc2c(c1)OC(=Cc1c(Cl)cccc1Cl)C2=O)c1ccc([N+](=O)[O-])cc1. The Morgan fingerprint density at radius 2 is 1.71 bits per heavy atom. The molecule has 1 heterocycles. The van der Waals surface area contributed by atoms with Gasteiger partial charge in [-0.2, -0.15) is 0 Å². The molecule has 0 spiro atoms. The summed E-state index contributed by atoms with van der Waals surface area (Å²) in [6.07, 6.45) is 1.45. The lowest BCUT2D eigenvalue weighted by Crippen LogP contribution is -2.08. The van der Waals surface area contributed by atoms with Crippen molar-refractivity contribution in [2.45, 2.75) is 0 Å². The minimum absolute atomic E-state index is 0.0313. The fourth-order valence-electron chi connectivity index (χ4n) is 2.90. The number of Topliss-reactive ketones (excluding diaryl/α,β-unsaturated/α-hetero) is 1. The van der Waals surface area contributed by atoms with Gasteiger partial charge in [0, 0.05) is 33.8 Å². The van der Waals surface area contributed by atoms with E-state index in [0.717, 1.165) is 0 Å². The summed E-state index contributed by atoms with van der Waals surface area (Å²) in [5.41, 5.74) is 0.743. The maximum atomic E-state index is 12.6. The highest BCUT2D eigenvalue weighted by Crippen LogP contribution is 2.36. The normalized spacial score (nSPS) is 13.6. The number of esters is 1. The lowest BCUT2D eigenvalue weighted by atomic mass is 10.1. The highest BCUT2D eigenvalue weighted by Gasteiger charge is 2.28. The van der Waals surface area contributed by atoms with Crippen molar-refractivity contribution in [1.82, 2.24) is 0 Å². The van der Waals surface area contributed by atoms with Crippen LogP contribution in [0.15, 0.2) is 66.4 Å². The zero-order valence-corrected chi connectivity index (χ0v) is 17.0. The van der Waals surface area contributed by atoms with Crippen LogP contribution in [0.5, 0.6) is 11.5 Å². The molecule has 0 fully saturated rings. The molecule has 3 aromatic rings. The number of carbonyl (C=O) groups is 2. The number of nitro benzene ring substituents is 1. The number of allylic oxidation sites excluding steroid dienone is 1. The molecule has 0 bridgehead atoms. The molecule has 4 rings (SSSR count). The van der Waals surface area contributed by atoms with Gasteiger partial charge in [-0.25, -0.2) is 4.79 Å². The Morgan fingerprint density at radius 1 is 1.03 bits per heavy atom. The number of halogens is 2. The molecule has 0 amide bonds. The van der Waals surface area contributed by atoms with Crippen LogP contribution in [0.1, 0.15) is 26.3 Å². The first-order valence-corrected chi connectivity index (χ1v) is 9.58. The van der Waals surface area contributed by atoms with Gasteiger partial charge >= 0.3 is 5.97 Å². The number of ketones is 1. The minimum Gasteiger partial charge on any atom is -0.452 e. The number of hydrogen-bond donors (Lipinski definition) is 0. The van der Waals surface area contributed by atoms with Crippen molar-refractivity contribution < 1.29 is 24.0 Å². The number of benzene rings is 3. The van der Waals surface area contributed by atoms with Crippen LogP contribution in [-0.2, 0) is 0 Å². The number of fused-ring (bicyclic) bond motifs is 1. The molecular formula is C22H11Cl2NO6. The quantitative estimate of drug-likeness (QED) is 0.163. The molecule has 1 aliphatic rings. The van der Waals surface area contributed by atoms with Crippen molar-refractivity contribution in [2.24, 2.45) is 0 Å². The van der Waals surface area contributed by atoms with E-state index >= 15 is 0 Å². The summed E-state index contributed by atoms with van der Waals surface area (Å²) in [5.74, 6) is -0.679. The van der Waals surface area contributed by atoms with Gasteiger partial charge in [-0.15, -0.1) is 0 Å². The van der Waals surface area contributed by atoms with E-state index in [1.165, 1.54) is 48.5 Å². The molecule has 0 atom stereocenters. The Labute approximate surface area is 185 Å². The summed E-state index contributed by atoms with van der Waals surface area (Å²) in [6, 6.07) is 14.3. The largest absolute Gasteiger partial charge is 0.452 e. The summed E-state index contributed by atoms with van der Waals surface area (Å²) in [7, 11) is 0. The topological polar surface area (TPSA) is 95.7 Å². The second-order valence-corrected chi connectivity index (χ2v) is 7.24. The summed E-state index contributed by atoms with van der Waals surface area (Å²) in [5, 5.41) is 11.4. The van der Waals surface area contributed by atoms with Crippen LogP contribution in [-0.4, -0.2) is 16.7 Å². The molecular weight excluding hydrogens is 445 g/mol. The maximum absolute atomic E-state index is 12.6. The van der Waals surface area contributed by atoms with E-state index in [2.05, 4.69) is 0 Å². The molecule has 3 aromatic carbocycles. The first-order valence-electron chi connectivity index (χ1n) is 8.82. The van der Waals surface area contributed by atoms with Crippen molar-refractivity contribution in [3.05, 3.63) is 103 Å². The van der Waals surface area contributed by atoms with Crippen molar-refractivity contribution in [1.29, 1.82) is 0 Å². The molecule has 1 aliphatic heterocycles. The fraction of sp³-hybridized carbons (Fsp3) is 0. The number of nitrogens with zero attached hydrogens (tertiary/aromatic N) is 1. The minimum atomic E-state index is -0.710. The number of carbonyl (C=O) groups excluding carboxylic acids is 2. The Balaban J connectivity index is 1.55. The number of hydrogen-bond acceptors (Lipinski definition) is 6. The van der Waals surface area contributed by atoms with Gasteiger partial charge in [-0.1, -0.05) is 29.3 Å². The maximum Gasteiger partial charge on any atom is 0.343 e. The molecule has 0 N–H and O–H groups in total. The van der Waals surface area contributed by atoms with Crippen molar-refractivity contribution in [3.63, 3.8) is 0 Å². The second kappa shape index (κ2) is 8.22. The highest BCUT2D eigenvalue weighted by atomic mass is 35.5. The van der Waals surface area contributed by atoms with Crippen LogP contribution in [0, 0.1) is 10.1 Å². The second-order valence-electron chi connectivity index (χ2n) is 6.43. The molecule has 154 valence electrons. The fourth-order valence-corrected chi connectivity index (χ4v) is 3.40. The zero-order valence-electron chi connectivity index (χ0n) is 15.5. The smallest absolute Gasteiger partial charge is 0.343 e. The monoisotopic (exact) mass is 455 g/mol. The van der Waals surface area contributed by atoms with Crippen molar-refractivity contribution in [3.8, 4) is 11.5 Å². The van der Waals surface area contributed by atoms with E-state index < -0.39 is 10.9 Å². The van der Waals surface area contributed by atoms with Gasteiger partial charge in [0.25, 0.3) is 5.69 Å². The summed E-state index contributed by atoms with van der Waals surface area (Å²) >= 11 is 12.3. The summed E-state index contributed by atoms with van der Waals surface area (Å²) < 4.78 is 10.9. The van der Waals surface area contributed by atoms with E-state index in [9.17, 15) is 19.7 Å². The highest BCUT2D eigenvalue weighted by molar-refractivity contribution is 6.37. The third-order valence-electron chi connectivity index (χ3n) is 4.44. The molecule has 0 radical (unpaired) electrons. The van der Waals surface area contributed by atoms with Crippen molar-refractivity contribution >= 4 is 46.7 Å². The lowest BCUT2D eigenvalue weighted by Gasteiger charge is -2.06. The van der Waals surface area contributed by atoms with Gasteiger partial charge in [0.05, 0.1) is 16.1 Å². The predicted octanol–water partition coefficient (Wildman–Crippen LogP) is 5.74. The van der Waals surface area contributed by atoms with E-state index in [1.807, 2.05) is 0 Å². The van der Waals surface area contributed by atoms with Gasteiger partial charge in [0.1, 0.15) is 11.5 Å². The Bertz CT molecular complexity index is 1250. The van der Waals surface area contributed by atoms with E-state index in [-0.39, 0.29) is 34.3 Å². The number of rotatable bonds is 4. The average Bonchev–Trinajstić information content (AvgIpc) is 3.05. The number of non-ortho nitro benzene ring substituents is 1. The summed E-state index contributed by atoms with van der Waals surface area (Å²) in [4.78, 5) is 35.1. The standard InChI is InChI=1S/C22H11Cl2NO6/c23-17-2-1-3-18(24)16(17)11-20-21(26)15-9-8-14(10-19(15)31-20)30-22(27)12-4-6-13(7-5-12)25(28)29/h1-11H. The van der Waals surface area contributed by atoms with Gasteiger partial charge in [-0.05, 0) is 42.5 Å². The lowest BCUT2D eigenvalue weighted by molar-refractivity contribution is -0.384. The van der Waals surface area contributed by atoms with Crippen LogP contribution in [0.25, 0.3) is 6.08 Å². The molecule has 0 saturated heterocycles. The van der Waals surface area contributed by atoms with Crippen molar-refractivity contribution in [2.75, 3.05) is 0 Å².